The molecular weight excluding hydrogens is 311 g/mol. The van der Waals surface area contributed by atoms with Gasteiger partial charge in [0, 0.05) is 32.8 Å². The van der Waals surface area contributed by atoms with Gasteiger partial charge in [0.2, 0.25) is 10.0 Å². The van der Waals surface area contributed by atoms with Crippen LogP contribution in [0.5, 0.6) is 5.75 Å². The molecule has 1 atom stereocenters. The second kappa shape index (κ2) is 7.36. The fraction of sp³-hybridized carbons (Fsp3) is 0.571. The zero-order valence-electron chi connectivity index (χ0n) is 12.7. The largest absolute Gasteiger partial charge is 0.490 e. The molecule has 1 N–H and O–H groups in total. The number of hydrogen-bond acceptors (Lipinski definition) is 5. The highest BCUT2D eigenvalue weighted by Crippen LogP contribution is 2.29. The summed E-state index contributed by atoms with van der Waals surface area (Å²) in [6.07, 6.45) is 0. The lowest BCUT2D eigenvalue weighted by molar-refractivity contribution is 0.144. The second-order valence-corrected chi connectivity index (χ2v) is 6.96. The first kappa shape index (κ1) is 17.1. The van der Waals surface area contributed by atoms with Crippen molar-refractivity contribution in [3.8, 4) is 5.75 Å². The van der Waals surface area contributed by atoms with Crippen LogP contribution in [-0.2, 0) is 14.8 Å². The third kappa shape index (κ3) is 3.75. The average molecular weight is 332 g/mol. The van der Waals surface area contributed by atoms with Crippen molar-refractivity contribution in [3.05, 3.63) is 24.0 Å². The normalized spacial score (nSPS) is 20.0. The Labute approximate surface area is 130 Å². The van der Waals surface area contributed by atoms with Gasteiger partial charge in [0.05, 0.1) is 6.61 Å². The Hall–Kier alpha value is -1.22. The maximum atomic E-state index is 13.6. The highest BCUT2D eigenvalue weighted by molar-refractivity contribution is 7.89. The first-order valence-corrected chi connectivity index (χ1v) is 8.54. The van der Waals surface area contributed by atoms with E-state index in [1.54, 1.807) is 0 Å². The van der Waals surface area contributed by atoms with E-state index in [-0.39, 0.29) is 23.3 Å². The van der Waals surface area contributed by atoms with Gasteiger partial charge in [0.25, 0.3) is 0 Å². The van der Waals surface area contributed by atoms with Crippen molar-refractivity contribution in [2.75, 3.05) is 40.0 Å². The molecule has 0 aromatic heterocycles. The molecule has 1 aromatic rings. The van der Waals surface area contributed by atoms with Gasteiger partial charge in [-0.2, -0.15) is 4.31 Å². The molecule has 0 amide bonds. The summed E-state index contributed by atoms with van der Waals surface area (Å²) >= 11 is 0. The smallest absolute Gasteiger partial charge is 0.247 e. The summed E-state index contributed by atoms with van der Waals surface area (Å²) in [6, 6.07) is 3.33. The van der Waals surface area contributed by atoms with E-state index in [1.807, 2.05) is 6.92 Å². The van der Waals surface area contributed by atoms with Gasteiger partial charge in [0.1, 0.15) is 23.1 Å². The van der Waals surface area contributed by atoms with Gasteiger partial charge in [-0.3, -0.25) is 0 Å². The standard InChI is InChI=1S/C14H21FN2O4S/c1-11-10-16-5-6-17(11)22(18,19)14-9-12(15)3-4-13(14)21-8-7-20-2/h3-4,9,11,16H,5-8,10H2,1-2H3. The maximum absolute atomic E-state index is 13.6. The van der Waals surface area contributed by atoms with Crippen LogP contribution in [0, 0.1) is 5.82 Å². The Morgan fingerprint density at radius 2 is 2.18 bits per heavy atom. The van der Waals surface area contributed by atoms with Gasteiger partial charge < -0.3 is 14.8 Å². The monoisotopic (exact) mass is 332 g/mol. The van der Waals surface area contributed by atoms with Crippen LogP contribution < -0.4 is 10.1 Å². The molecule has 1 aromatic carbocycles. The van der Waals surface area contributed by atoms with Gasteiger partial charge in [-0.15, -0.1) is 0 Å². The number of ether oxygens (including phenoxy) is 2. The van der Waals surface area contributed by atoms with Crippen LogP contribution in [0.25, 0.3) is 0 Å². The molecule has 0 aliphatic carbocycles. The highest BCUT2D eigenvalue weighted by Gasteiger charge is 2.33. The molecule has 1 aliphatic heterocycles. The molecule has 1 saturated heterocycles. The highest BCUT2D eigenvalue weighted by atomic mass is 32.2. The molecule has 1 unspecified atom stereocenters. The Balaban J connectivity index is 2.34. The number of nitrogens with zero attached hydrogens (tertiary/aromatic N) is 1. The van der Waals surface area contributed by atoms with Crippen LogP contribution in [0.4, 0.5) is 4.39 Å². The van der Waals surface area contributed by atoms with Crippen LogP contribution in [0.3, 0.4) is 0 Å². The topological polar surface area (TPSA) is 67.9 Å². The summed E-state index contributed by atoms with van der Waals surface area (Å²) in [6.45, 7) is 3.81. The number of nitrogens with one attached hydrogen (secondary N) is 1. The molecule has 2 rings (SSSR count). The van der Waals surface area contributed by atoms with E-state index in [9.17, 15) is 12.8 Å². The SMILES string of the molecule is COCCOc1ccc(F)cc1S(=O)(=O)N1CCNCC1C. The van der Waals surface area contributed by atoms with Crippen LogP contribution in [-0.4, -0.2) is 58.7 Å². The number of benzene rings is 1. The van der Waals surface area contributed by atoms with Gasteiger partial charge in [0.15, 0.2) is 0 Å². The minimum absolute atomic E-state index is 0.141. The quantitative estimate of drug-likeness (QED) is 0.782. The van der Waals surface area contributed by atoms with E-state index >= 15 is 0 Å². The van der Waals surface area contributed by atoms with Crippen LogP contribution in [0.2, 0.25) is 0 Å². The molecule has 0 radical (unpaired) electrons. The Morgan fingerprint density at radius 3 is 2.86 bits per heavy atom. The molecule has 1 fully saturated rings. The molecule has 1 aliphatic rings. The lowest BCUT2D eigenvalue weighted by Gasteiger charge is -2.33. The molecule has 1 heterocycles. The predicted molar refractivity (Wildman–Crippen MR) is 80.0 cm³/mol. The Morgan fingerprint density at radius 1 is 1.41 bits per heavy atom. The van der Waals surface area contributed by atoms with E-state index in [0.29, 0.717) is 26.2 Å². The van der Waals surface area contributed by atoms with Crippen molar-refractivity contribution in [1.82, 2.24) is 9.62 Å². The minimum atomic E-state index is -3.81. The minimum Gasteiger partial charge on any atom is -0.490 e. The maximum Gasteiger partial charge on any atom is 0.247 e. The van der Waals surface area contributed by atoms with E-state index < -0.39 is 15.8 Å². The summed E-state index contributed by atoms with van der Waals surface area (Å²) in [5.74, 6) is -0.468. The third-order valence-corrected chi connectivity index (χ3v) is 5.51. The summed E-state index contributed by atoms with van der Waals surface area (Å²) < 4.78 is 50.9. The fourth-order valence-corrected chi connectivity index (χ4v) is 4.12. The zero-order valence-corrected chi connectivity index (χ0v) is 13.5. The lowest BCUT2D eigenvalue weighted by atomic mass is 10.3. The number of hydrogen-bond donors (Lipinski definition) is 1. The van der Waals surface area contributed by atoms with Crippen LogP contribution >= 0.6 is 0 Å². The van der Waals surface area contributed by atoms with E-state index in [0.717, 1.165) is 6.07 Å². The van der Waals surface area contributed by atoms with E-state index in [2.05, 4.69) is 5.32 Å². The number of piperazine rings is 1. The summed E-state index contributed by atoms with van der Waals surface area (Å²) in [7, 11) is -2.29. The zero-order chi connectivity index (χ0) is 16.2. The summed E-state index contributed by atoms with van der Waals surface area (Å²) in [4.78, 5) is -0.141. The third-order valence-electron chi connectivity index (χ3n) is 3.48. The van der Waals surface area contributed by atoms with Crippen LogP contribution in [0.15, 0.2) is 23.1 Å². The summed E-state index contributed by atoms with van der Waals surface area (Å²) in [5, 5.41) is 3.13. The van der Waals surface area contributed by atoms with Crippen molar-refractivity contribution < 1.29 is 22.3 Å². The Bertz CT molecular complexity index is 609. The van der Waals surface area contributed by atoms with Gasteiger partial charge in [-0.1, -0.05) is 0 Å². The number of halogens is 1. The molecule has 0 saturated carbocycles. The van der Waals surface area contributed by atoms with Crippen molar-refractivity contribution in [1.29, 1.82) is 0 Å². The molecule has 22 heavy (non-hydrogen) atoms. The summed E-state index contributed by atoms with van der Waals surface area (Å²) in [5.41, 5.74) is 0. The molecule has 8 heteroatoms. The molecular formula is C14H21FN2O4S. The van der Waals surface area contributed by atoms with Gasteiger partial charge >= 0.3 is 0 Å². The first-order chi connectivity index (χ1) is 10.5. The molecule has 0 bridgehead atoms. The Kier molecular flexibility index (Phi) is 5.74. The number of rotatable bonds is 6. The predicted octanol–water partition coefficient (Wildman–Crippen LogP) is 0.833. The lowest BCUT2D eigenvalue weighted by Crippen LogP contribution is -2.52. The van der Waals surface area contributed by atoms with Gasteiger partial charge in [-0.25, -0.2) is 12.8 Å². The molecule has 6 nitrogen and oxygen atoms in total. The van der Waals surface area contributed by atoms with Crippen molar-refractivity contribution >= 4 is 10.0 Å². The van der Waals surface area contributed by atoms with Crippen molar-refractivity contribution in [2.45, 2.75) is 17.9 Å². The average Bonchev–Trinajstić information content (AvgIpc) is 2.49. The molecule has 124 valence electrons. The van der Waals surface area contributed by atoms with Crippen molar-refractivity contribution in [2.24, 2.45) is 0 Å². The number of methoxy groups -OCH3 is 1. The van der Waals surface area contributed by atoms with E-state index in [4.69, 9.17) is 9.47 Å². The van der Waals surface area contributed by atoms with E-state index in [1.165, 1.54) is 23.5 Å². The van der Waals surface area contributed by atoms with Gasteiger partial charge in [-0.05, 0) is 25.1 Å². The molecule has 0 spiro atoms. The fourth-order valence-electron chi connectivity index (χ4n) is 2.34. The first-order valence-electron chi connectivity index (χ1n) is 7.10. The number of sulfonamides is 1. The van der Waals surface area contributed by atoms with Crippen molar-refractivity contribution in [3.63, 3.8) is 0 Å². The van der Waals surface area contributed by atoms with Crippen LogP contribution in [0.1, 0.15) is 6.92 Å². The second-order valence-electron chi connectivity index (χ2n) is 5.10.